The number of ether oxygens (including phenoxy) is 1. The molecule has 1 heterocycles. The summed E-state index contributed by atoms with van der Waals surface area (Å²) in [5.74, 6) is 0.107. The van der Waals surface area contributed by atoms with Crippen molar-refractivity contribution in [2.45, 2.75) is 25.3 Å². The molecule has 0 amide bonds. The Morgan fingerprint density at radius 2 is 2.25 bits per heavy atom. The zero-order valence-electron chi connectivity index (χ0n) is 11.0. The van der Waals surface area contributed by atoms with Crippen molar-refractivity contribution in [1.29, 1.82) is 0 Å². The van der Waals surface area contributed by atoms with Crippen LogP contribution >= 0.6 is 23.2 Å². The Morgan fingerprint density at radius 3 is 3.00 bits per heavy atom. The van der Waals surface area contributed by atoms with Gasteiger partial charge in [-0.25, -0.2) is 4.79 Å². The fraction of sp³-hybridized carbons (Fsp3) is 0.400. The van der Waals surface area contributed by atoms with Crippen LogP contribution in [0.1, 0.15) is 24.8 Å². The minimum atomic E-state index is -0.360. The van der Waals surface area contributed by atoms with E-state index < -0.39 is 0 Å². The summed E-state index contributed by atoms with van der Waals surface area (Å²) in [6, 6.07) is 3.25. The number of halogens is 2. The highest BCUT2D eigenvalue weighted by Crippen LogP contribution is 2.48. The molecule has 106 valence electrons. The van der Waals surface area contributed by atoms with Crippen LogP contribution in [-0.2, 0) is 9.53 Å². The van der Waals surface area contributed by atoms with Gasteiger partial charge in [0.2, 0.25) is 0 Å². The number of rotatable bonds is 2. The first-order valence-electron chi connectivity index (χ1n) is 6.70. The van der Waals surface area contributed by atoms with E-state index in [9.17, 15) is 4.79 Å². The maximum Gasteiger partial charge on any atom is 0.328 e. The number of nitrogens with one attached hydrogen (secondary N) is 1. The van der Waals surface area contributed by atoms with Gasteiger partial charge in [0.25, 0.3) is 0 Å². The summed E-state index contributed by atoms with van der Waals surface area (Å²) in [5, 5.41) is 4.40. The number of hydrogen-bond donors (Lipinski definition) is 1. The van der Waals surface area contributed by atoms with Gasteiger partial charge in [-0.15, -0.1) is 0 Å². The summed E-state index contributed by atoms with van der Waals surface area (Å²) in [4.78, 5) is 12.1. The molecule has 0 saturated carbocycles. The van der Waals surface area contributed by atoms with E-state index in [0.717, 1.165) is 17.7 Å². The number of carbonyl (C=O) groups is 1. The third-order valence-corrected chi connectivity index (χ3v) is 4.44. The van der Waals surface area contributed by atoms with E-state index in [4.69, 9.17) is 27.9 Å². The van der Waals surface area contributed by atoms with Crippen LogP contribution < -0.4 is 5.32 Å². The first kappa shape index (κ1) is 13.8. The van der Waals surface area contributed by atoms with Crippen LogP contribution in [0, 0.1) is 5.92 Å². The lowest BCUT2D eigenvalue weighted by molar-refractivity contribution is -0.145. The molecular weight excluding hydrogens is 297 g/mol. The summed E-state index contributed by atoms with van der Waals surface area (Å²) < 4.78 is 5.17. The van der Waals surface area contributed by atoms with Gasteiger partial charge in [0, 0.05) is 16.9 Å². The van der Waals surface area contributed by atoms with Crippen LogP contribution in [0.5, 0.6) is 0 Å². The van der Waals surface area contributed by atoms with Crippen LogP contribution in [0.15, 0.2) is 24.3 Å². The van der Waals surface area contributed by atoms with E-state index >= 15 is 0 Å². The van der Waals surface area contributed by atoms with Crippen molar-refractivity contribution in [3.05, 3.63) is 39.9 Å². The molecule has 0 aromatic heterocycles. The van der Waals surface area contributed by atoms with E-state index in [1.807, 2.05) is 13.0 Å². The smallest absolute Gasteiger partial charge is 0.328 e. The molecule has 1 aromatic carbocycles. The predicted octanol–water partition coefficient (Wildman–Crippen LogP) is 4.01. The van der Waals surface area contributed by atoms with Crippen molar-refractivity contribution in [2.75, 3.05) is 11.9 Å². The van der Waals surface area contributed by atoms with E-state index in [1.54, 1.807) is 6.07 Å². The molecule has 20 heavy (non-hydrogen) atoms. The lowest BCUT2D eigenvalue weighted by Gasteiger charge is -2.36. The molecule has 5 heteroatoms. The molecule has 0 unspecified atom stereocenters. The minimum Gasteiger partial charge on any atom is -0.464 e. The molecule has 0 saturated heterocycles. The third-order valence-electron chi connectivity index (χ3n) is 3.93. The monoisotopic (exact) mass is 311 g/mol. The molecule has 1 aromatic rings. The third kappa shape index (κ3) is 2.19. The van der Waals surface area contributed by atoms with E-state index in [2.05, 4.69) is 17.5 Å². The van der Waals surface area contributed by atoms with Crippen molar-refractivity contribution in [1.82, 2.24) is 0 Å². The average molecular weight is 312 g/mol. The van der Waals surface area contributed by atoms with Gasteiger partial charge in [-0.2, -0.15) is 0 Å². The van der Waals surface area contributed by atoms with Crippen LogP contribution in [0.2, 0.25) is 10.0 Å². The Hall–Kier alpha value is -1.19. The zero-order valence-corrected chi connectivity index (χ0v) is 12.5. The van der Waals surface area contributed by atoms with Gasteiger partial charge in [-0.3, -0.25) is 0 Å². The van der Waals surface area contributed by atoms with Crippen molar-refractivity contribution in [3.8, 4) is 0 Å². The molecule has 3 atom stereocenters. The molecule has 0 fully saturated rings. The number of benzene rings is 1. The van der Waals surface area contributed by atoms with Crippen LogP contribution in [-0.4, -0.2) is 18.6 Å². The second-order valence-electron chi connectivity index (χ2n) is 5.08. The van der Waals surface area contributed by atoms with Gasteiger partial charge < -0.3 is 10.1 Å². The molecular formula is C15H15Cl2NO2. The topological polar surface area (TPSA) is 38.3 Å². The van der Waals surface area contributed by atoms with E-state index in [0.29, 0.717) is 16.7 Å². The number of hydrogen-bond acceptors (Lipinski definition) is 3. The lowest BCUT2D eigenvalue weighted by Crippen LogP contribution is -2.43. The van der Waals surface area contributed by atoms with Gasteiger partial charge >= 0.3 is 5.97 Å². The Balaban J connectivity index is 2.03. The number of allylic oxidation sites excluding steroid dienone is 2. The lowest BCUT2D eigenvalue weighted by atomic mass is 9.79. The van der Waals surface area contributed by atoms with Gasteiger partial charge in [-0.05, 0) is 31.0 Å². The SMILES string of the molecule is CCOC(=O)[C@H]1Nc2c(Cl)cc(Cl)cc2[C@H]2C=CC[C@@H]12. The molecule has 1 aliphatic heterocycles. The van der Waals surface area contributed by atoms with Gasteiger partial charge in [0.05, 0.1) is 17.3 Å². The van der Waals surface area contributed by atoms with Gasteiger partial charge in [-0.1, -0.05) is 35.4 Å². The van der Waals surface area contributed by atoms with Crippen molar-refractivity contribution in [2.24, 2.45) is 5.92 Å². The van der Waals surface area contributed by atoms with Crippen LogP contribution in [0.3, 0.4) is 0 Å². The zero-order chi connectivity index (χ0) is 14.3. The van der Waals surface area contributed by atoms with Crippen molar-refractivity contribution >= 4 is 34.9 Å². The molecule has 1 N–H and O–H groups in total. The Morgan fingerprint density at radius 1 is 1.45 bits per heavy atom. The highest BCUT2D eigenvalue weighted by Gasteiger charge is 2.42. The van der Waals surface area contributed by atoms with E-state index in [1.165, 1.54) is 0 Å². The first-order valence-corrected chi connectivity index (χ1v) is 7.46. The van der Waals surface area contributed by atoms with Gasteiger partial charge in [0.15, 0.2) is 0 Å². The summed E-state index contributed by atoms with van der Waals surface area (Å²) >= 11 is 12.4. The normalized spacial score (nSPS) is 26.6. The summed E-state index contributed by atoms with van der Waals surface area (Å²) in [7, 11) is 0. The molecule has 0 radical (unpaired) electrons. The minimum absolute atomic E-state index is 0.163. The summed E-state index contributed by atoms with van der Waals surface area (Å²) in [6.45, 7) is 2.19. The molecule has 0 bridgehead atoms. The van der Waals surface area contributed by atoms with Crippen LogP contribution in [0.25, 0.3) is 0 Å². The number of carbonyl (C=O) groups excluding carboxylic acids is 1. The fourth-order valence-corrected chi connectivity index (χ4v) is 3.65. The molecule has 3 nitrogen and oxygen atoms in total. The highest BCUT2D eigenvalue weighted by atomic mass is 35.5. The van der Waals surface area contributed by atoms with Crippen LogP contribution in [0.4, 0.5) is 5.69 Å². The maximum absolute atomic E-state index is 12.1. The Bertz CT molecular complexity index is 585. The number of esters is 1. The molecule has 0 spiro atoms. The van der Waals surface area contributed by atoms with Gasteiger partial charge in [0.1, 0.15) is 6.04 Å². The maximum atomic E-state index is 12.1. The van der Waals surface area contributed by atoms with Crippen molar-refractivity contribution in [3.63, 3.8) is 0 Å². The second-order valence-corrected chi connectivity index (χ2v) is 5.92. The molecule has 2 aliphatic rings. The molecule has 3 rings (SSSR count). The predicted molar refractivity (Wildman–Crippen MR) is 80.5 cm³/mol. The number of fused-ring (bicyclic) bond motifs is 3. The summed E-state index contributed by atoms with van der Waals surface area (Å²) in [6.07, 6.45) is 5.08. The Kier molecular flexibility index (Phi) is 3.65. The molecule has 1 aliphatic carbocycles. The first-order chi connectivity index (χ1) is 9.61. The standard InChI is InChI=1S/C15H15Cl2NO2/c1-2-20-15(19)14-10-5-3-4-9(10)11-6-8(16)7-12(17)13(11)18-14/h3-4,6-7,9-10,14,18H,2,5H2,1H3/t9-,10+,14-/m0/s1. The van der Waals surface area contributed by atoms with Crippen molar-refractivity contribution < 1.29 is 9.53 Å². The van der Waals surface area contributed by atoms with E-state index in [-0.39, 0.29) is 23.8 Å². The fourth-order valence-electron chi connectivity index (χ4n) is 3.09. The Labute approximate surface area is 127 Å². The second kappa shape index (κ2) is 5.30. The summed E-state index contributed by atoms with van der Waals surface area (Å²) in [5.41, 5.74) is 1.85. The average Bonchev–Trinajstić information content (AvgIpc) is 2.87. The largest absolute Gasteiger partial charge is 0.464 e. The highest BCUT2D eigenvalue weighted by molar-refractivity contribution is 6.36. The quantitative estimate of drug-likeness (QED) is 0.662. The number of anilines is 1.